The van der Waals surface area contributed by atoms with Crippen molar-refractivity contribution in [3.8, 4) is 6.19 Å². The summed E-state index contributed by atoms with van der Waals surface area (Å²) in [5.41, 5.74) is 4.94. The molecule has 0 spiro atoms. The molecular weight excluding hydrogens is 194 g/mol. The zero-order valence-corrected chi connectivity index (χ0v) is 8.61. The van der Waals surface area contributed by atoms with Gasteiger partial charge in [-0.15, -0.1) is 6.58 Å². The molecule has 0 fully saturated rings. The maximum atomic E-state index is 11.3. The van der Waals surface area contributed by atoms with Gasteiger partial charge in [0.2, 0.25) is 11.8 Å². The normalized spacial score (nSPS) is 9.00. The summed E-state index contributed by atoms with van der Waals surface area (Å²) in [4.78, 5) is 22.8. The van der Waals surface area contributed by atoms with Crippen LogP contribution in [0.25, 0.3) is 0 Å². The summed E-state index contributed by atoms with van der Waals surface area (Å²) < 4.78 is 0. The van der Waals surface area contributed by atoms with Crippen LogP contribution in [0.15, 0.2) is 12.7 Å². The third-order valence-corrected chi connectivity index (χ3v) is 1.80. The molecule has 5 heteroatoms. The molecule has 0 rings (SSSR count). The topological polar surface area (TPSA) is 87.2 Å². The lowest BCUT2D eigenvalue weighted by Gasteiger charge is -2.10. The Balaban J connectivity index is 3.77. The van der Waals surface area contributed by atoms with Crippen LogP contribution >= 0.6 is 0 Å². The highest BCUT2D eigenvalue weighted by molar-refractivity contribution is 5.78. The Morgan fingerprint density at radius 1 is 1.40 bits per heavy atom. The van der Waals surface area contributed by atoms with Crippen LogP contribution in [-0.4, -0.2) is 23.3 Å². The first kappa shape index (κ1) is 13.2. The Morgan fingerprint density at radius 3 is 2.47 bits per heavy atom. The molecule has 0 bridgehead atoms. The lowest BCUT2D eigenvalue weighted by molar-refractivity contribution is -0.128. The van der Waals surface area contributed by atoms with Crippen LogP contribution in [0.4, 0.5) is 0 Å². The van der Waals surface area contributed by atoms with Crippen molar-refractivity contribution >= 4 is 11.8 Å². The lowest BCUT2D eigenvalue weighted by atomic mass is 10.2. The van der Waals surface area contributed by atoms with Gasteiger partial charge in [-0.1, -0.05) is 6.08 Å². The van der Waals surface area contributed by atoms with Gasteiger partial charge in [0.1, 0.15) is 0 Å². The van der Waals surface area contributed by atoms with Crippen molar-refractivity contribution in [2.24, 2.45) is 5.73 Å². The molecule has 0 unspecified atom stereocenters. The summed E-state index contributed by atoms with van der Waals surface area (Å²) in [6.45, 7) is 3.67. The van der Waals surface area contributed by atoms with E-state index in [9.17, 15) is 9.59 Å². The molecule has 82 valence electrons. The molecule has 0 saturated carbocycles. The number of hydrogen-bond donors (Lipinski definition) is 1. The van der Waals surface area contributed by atoms with Crippen LogP contribution in [0.3, 0.4) is 0 Å². The van der Waals surface area contributed by atoms with E-state index < -0.39 is 0 Å². The molecule has 0 heterocycles. The molecule has 0 aliphatic heterocycles. The highest BCUT2D eigenvalue weighted by Gasteiger charge is 2.10. The van der Waals surface area contributed by atoms with E-state index in [1.165, 1.54) is 6.08 Å². The van der Waals surface area contributed by atoms with Crippen LogP contribution < -0.4 is 5.73 Å². The van der Waals surface area contributed by atoms with E-state index in [0.29, 0.717) is 12.8 Å². The van der Waals surface area contributed by atoms with Gasteiger partial charge in [0.15, 0.2) is 6.19 Å². The molecule has 2 amide bonds. The van der Waals surface area contributed by atoms with Crippen LogP contribution in [0, 0.1) is 11.5 Å². The van der Waals surface area contributed by atoms with Crippen molar-refractivity contribution in [3.05, 3.63) is 12.7 Å². The first-order chi connectivity index (χ1) is 7.11. The van der Waals surface area contributed by atoms with Gasteiger partial charge in [-0.3, -0.25) is 9.59 Å². The molecule has 0 aliphatic carbocycles. The van der Waals surface area contributed by atoms with Gasteiger partial charge in [-0.2, -0.15) is 5.26 Å². The highest BCUT2D eigenvalue weighted by Crippen LogP contribution is 2.02. The van der Waals surface area contributed by atoms with E-state index in [4.69, 9.17) is 11.0 Å². The number of rotatable bonds is 7. The predicted octanol–water partition coefficient (Wildman–Crippen LogP) is 0.528. The number of nitrogens with two attached hydrogens (primary N) is 1. The molecule has 0 aliphatic rings. The van der Waals surface area contributed by atoms with Crippen molar-refractivity contribution in [1.29, 1.82) is 5.26 Å². The standard InChI is InChI=1S/C10H15N3O2/c1-2-7-13(8-11)10(15)6-4-3-5-9(12)14/h2H,1,3-7H2,(H2,12,14). The number of unbranched alkanes of at least 4 members (excludes halogenated alkanes) is 1. The van der Waals surface area contributed by atoms with E-state index in [-0.39, 0.29) is 31.2 Å². The molecule has 0 saturated heterocycles. The zero-order valence-electron chi connectivity index (χ0n) is 8.61. The highest BCUT2D eigenvalue weighted by atomic mass is 16.2. The van der Waals surface area contributed by atoms with E-state index in [2.05, 4.69) is 6.58 Å². The average Bonchev–Trinajstić information content (AvgIpc) is 2.20. The molecule has 0 radical (unpaired) electrons. The predicted molar refractivity (Wildman–Crippen MR) is 55.2 cm³/mol. The minimum atomic E-state index is -0.370. The first-order valence-corrected chi connectivity index (χ1v) is 4.71. The Labute approximate surface area is 89.1 Å². The fourth-order valence-electron chi connectivity index (χ4n) is 1.04. The molecule has 0 aromatic heterocycles. The monoisotopic (exact) mass is 209 g/mol. The largest absolute Gasteiger partial charge is 0.370 e. The Kier molecular flexibility index (Phi) is 6.64. The van der Waals surface area contributed by atoms with Crippen LogP contribution in [-0.2, 0) is 9.59 Å². The number of carbonyl (C=O) groups excluding carboxylic acids is 2. The minimum Gasteiger partial charge on any atom is -0.370 e. The molecule has 0 aromatic carbocycles. The molecule has 15 heavy (non-hydrogen) atoms. The summed E-state index contributed by atoms with van der Waals surface area (Å²) in [6, 6.07) is 0. The Bertz CT molecular complexity index is 281. The smallest absolute Gasteiger partial charge is 0.235 e. The van der Waals surface area contributed by atoms with Crippen molar-refractivity contribution in [3.63, 3.8) is 0 Å². The number of carbonyl (C=O) groups is 2. The van der Waals surface area contributed by atoms with Gasteiger partial charge in [-0.25, -0.2) is 4.90 Å². The summed E-state index contributed by atoms with van der Waals surface area (Å²) in [6.07, 6.45) is 4.95. The maximum absolute atomic E-state index is 11.3. The third-order valence-electron chi connectivity index (χ3n) is 1.80. The van der Waals surface area contributed by atoms with Gasteiger partial charge >= 0.3 is 0 Å². The second-order valence-electron chi connectivity index (χ2n) is 3.07. The van der Waals surface area contributed by atoms with Gasteiger partial charge in [0.25, 0.3) is 0 Å². The first-order valence-electron chi connectivity index (χ1n) is 4.71. The quantitative estimate of drug-likeness (QED) is 0.287. The Morgan fingerprint density at radius 2 is 2.00 bits per heavy atom. The van der Waals surface area contributed by atoms with E-state index in [1.54, 1.807) is 6.19 Å². The second kappa shape index (κ2) is 7.56. The minimum absolute atomic E-state index is 0.227. The fourth-order valence-corrected chi connectivity index (χ4v) is 1.04. The van der Waals surface area contributed by atoms with E-state index in [0.717, 1.165) is 4.90 Å². The van der Waals surface area contributed by atoms with Crippen molar-refractivity contribution in [2.75, 3.05) is 6.54 Å². The second-order valence-corrected chi connectivity index (χ2v) is 3.07. The van der Waals surface area contributed by atoms with Crippen molar-refractivity contribution < 1.29 is 9.59 Å². The average molecular weight is 209 g/mol. The summed E-state index contributed by atoms with van der Waals surface area (Å²) in [5.74, 6) is -0.618. The van der Waals surface area contributed by atoms with Gasteiger partial charge in [0, 0.05) is 12.8 Å². The fraction of sp³-hybridized carbons (Fsp3) is 0.500. The molecule has 0 atom stereocenters. The molecular formula is C10H15N3O2. The van der Waals surface area contributed by atoms with Gasteiger partial charge in [-0.05, 0) is 12.8 Å². The Hall–Kier alpha value is -1.83. The maximum Gasteiger partial charge on any atom is 0.235 e. The lowest BCUT2D eigenvalue weighted by Crippen LogP contribution is -2.25. The van der Waals surface area contributed by atoms with E-state index in [1.807, 2.05) is 0 Å². The number of primary amides is 1. The summed E-state index contributed by atoms with van der Waals surface area (Å²) >= 11 is 0. The van der Waals surface area contributed by atoms with E-state index >= 15 is 0 Å². The molecule has 5 nitrogen and oxygen atoms in total. The van der Waals surface area contributed by atoms with Crippen molar-refractivity contribution in [1.82, 2.24) is 4.90 Å². The zero-order chi connectivity index (χ0) is 11.7. The van der Waals surface area contributed by atoms with Gasteiger partial charge in [0.05, 0.1) is 6.54 Å². The number of amides is 2. The number of nitriles is 1. The SMILES string of the molecule is C=CCN(C#N)C(=O)CCCCC(N)=O. The summed E-state index contributed by atoms with van der Waals surface area (Å²) in [7, 11) is 0. The van der Waals surface area contributed by atoms with Crippen LogP contribution in [0.2, 0.25) is 0 Å². The molecule has 0 aromatic rings. The number of hydrogen-bond acceptors (Lipinski definition) is 3. The van der Waals surface area contributed by atoms with Crippen LogP contribution in [0.1, 0.15) is 25.7 Å². The van der Waals surface area contributed by atoms with Gasteiger partial charge < -0.3 is 5.73 Å². The van der Waals surface area contributed by atoms with Crippen molar-refractivity contribution in [2.45, 2.75) is 25.7 Å². The summed E-state index contributed by atoms with van der Waals surface area (Å²) in [5, 5.41) is 8.61. The third kappa shape index (κ3) is 6.27. The van der Waals surface area contributed by atoms with Crippen LogP contribution in [0.5, 0.6) is 0 Å². The molecule has 2 N–H and O–H groups in total. The number of nitrogens with zero attached hydrogens (tertiary/aromatic N) is 2.